The first-order chi connectivity index (χ1) is 15.7. The number of halogens is 3. The molecule has 1 heterocycles. The highest BCUT2D eigenvalue weighted by molar-refractivity contribution is 9.10. The largest absolute Gasteiger partial charge is 0.481 e. The van der Waals surface area contributed by atoms with Gasteiger partial charge in [0, 0.05) is 28.5 Å². The number of carboxylic acids is 1. The summed E-state index contributed by atoms with van der Waals surface area (Å²) in [4.78, 5) is 14.6. The van der Waals surface area contributed by atoms with Crippen LogP contribution in [0.4, 0.5) is 4.39 Å². The zero-order valence-electron chi connectivity index (χ0n) is 17.8. The van der Waals surface area contributed by atoms with Crippen LogP contribution in [0.3, 0.4) is 0 Å². The molecule has 0 bridgehead atoms. The first-order valence-electron chi connectivity index (χ1n) is 10.4. The lowest BCUT2D eigenvalue weighted by atomic mass is 9.67. The molecule has 0 spiro atoms. The summed E-state index contributed by atoms with van der Waals surface area (Å²) in [6, 6.07) is 21.3. The zero-order chi connectivity index (χ0) is 23.8. The lowest BCUT2D eigenvalue weighted by Crippen LogP contribution is -2.59. The van der Waals surface area contributed by atoms with Gasteiger partial charge >= 0.3 is 5.97 Å². The van der Waals surface area contributed by atoms with E-state index in [9.17, 15) is 19.6 Å². The van der Waals surface area contributed by atoms with E-state index in [0.717, 1.165) is 11.1 Å². The number of hydrogen-bond acceptors (Lipinski definition) is 3. The molecule has 4 nitrogen and oxygen atoms in total. The maximum Gasteiger partial charge on any atom is 0.314 e. The molecule has 7 heteroatoms. The van der Waals surface area contributed by atoms with Gasteiger partial charge in [-0.25, -0.2) is 4.39 Å². The van der Waals surface area contributed by atoms with Gasteiger partial charge in [0.25, 0.3) is 0 Å². The molecule has 3 aromatic carbocycles. The van der Waals surface area contributed by atoms with Crippen molar-refractivity contribution >= 4 is 33.5 Å². The van der Waals surface area contributed by atoms with Crippen molar-refractivity contribution < 1.29 is 14.3 Å². The van der Waals surface area contributed by atoms with Gasteiger partial charge in [-0.15, -0.1) is 0 Å². The second kappa shape index (κ2) is 9.26. The van der Waals surface area contributed by atoms with Crippen molar-refractivity contribution in [3.63, 3.8) is 0 Å². The monoisotopic (exact) mass is 526 g/mol. The number of carbonyl (C=O) groups is 1. The molecule has 1 unspecified atom stereocenters. The van der Waals surface area contributed by atoms with Crippen molar-refractivity contribution in [3.8, 4) is 6.07 Å². The van der Waals surface area contributed by atoms with Crippen molar-refractivity contribution in [2.75, 3.05) is 13.1 Å². The molecule has 168 valence electrons. The van der Waals surface area contributed by atoms with Gasteiger partial charge in [0.1, 0.15) is 5.82 Å². The Labute approximate surface area is 205 Å². The highest BCUT2D eigenvalue weighted by Gasteiger charge is 2.50. The molecule has 0 aromatic heterocycles. The SMILES string of the molecule is C[C@@](C(=O)O)(c1cc(F)cc(Br)c1)C1CN(C(c2ccc(Cl)cc2)c2cccc(C#N)c2)C1. The summed E-state index contributed by atoms with van der Waals surface area (Å²) in [5.74, 6) is -1.69. The van der Waals surface area contributed by atoms with Crippen molar-refractivity contribution in [2.24, 2.45) is 5.92 Å². The van der Waals surface area contributed by atoms with Crippen LogP contribution >= 0.6 is 27.5 Å². The Morgan fingerprint density at radius 3 is 2.48 bits per heavy atom. The van der Waals surface area contributed by atoms with E-state index >= 15 is 0 Å². The molecule has 0 saturated carbocycles. The molecular weight excluding hydrogens is 507 g/mol. The topological polar surface area (TPSA) is 64.3 Å². The molecule has 0 aliphatic carbocycles. The number of nitriles is 1. The van der Waals surface area contributed by atoms with Gasteiger partial charge in [-0.2, -0.15) is 5.26 Å². The predicted molar refractivity (Wildman–Crippen MR) is 129 cm³/mol. The smallest absolute Gasteiger partial charge is 0.314 e. The highest BCUT2D eigenvalue weighted by Crippen LogP contribution is 2.44. The first-order valence-corrected chi connectivity index (χ1v) is 11.6. The molecule has 1 saturated heterocycles. The molecule has 1 aliphatic heterocycles. The van der Waals surface area contributed by atoms with Crippen LogP contribution in [0.25, 0.3) is 0 Å². The summed E-state index contributed by atoms with van der Waals surface area (Å²) in [7, 11) is 0. The number of likely N-dealkylation sites (tertiary alicyclic amines) is 1. The number of rotatable bonds is 6. The van der Waals surface area contributed by atoms with Crippen LogP contribution in [-0.2, 0) is 10.2 Å². The van der Waals surface area contributed by atoms with Crippen LogP contribution in [0.15, 0.2) is 71.2 Å². The third kappa shape index (κ3) is 4.54. The fourth-order valence-corrected chi connectivity index (χ4v) is 5.10. The number of aliphatic carboxylic acids is 1. The average molecular weight is 528 g/mol. The minimum absolute atomic E-state index is 0.163. The molecule has 3 aromatic rings. The molecule has 4 rings (SSSR count). The minimum Gasteiger partial charge on any atom is -0.481 e. The molecule has 1 N–H and O–H groups in total. The number of benzene rings is 3. The molecule has 0 radical (unpaired) electrons. The van der Waals surface area contributed by atoms with Crippen LogP contribution in [0.1, 0.15) is 35.2 Å². The molecule has 1 fully saturated rings. The maximum atomic E-state index is 14.1. The number of carboxylic acid groups (broad SMARTS) is 1. The van der Waals surface area contributed by atoms with Crippen molar-refractivity contribution in [1.82, 2.24) is 4.90 Å². The Hall–Kier alpha value is -2.72. The van der Waals surface area contributed by atoms with Crippen LogP contribution in [0.5, 0.6) is 0 Å². The summed E-state index contributed by atoms with van der Waals surface area (Å²) < 4.78 is 14.6. The Balaban J connectivity index is 1.68. The molecular formula is C26H21BrClFN2O2. The molecule has 0 amide bonds. The van der Waals surface area contributed by atoms with Crippen LogP contribution in [-0.4, -0.2) is 29.1 Å². The highest BCUT2D eigenvalue weighted by atomic mass is 79.9. The van der Waals surface area contributed by atoms with E-state index < -0.39 is 17.2 Å². The fourth-order valence-electron chi connectivity index (χ4n) is 4.51. The van der Waals surface area contributed by atoms with Gasteiger partial charge < -0.3 is 5.11 Å². The standard InChI is InChI=1S/C26H21BrClFN2O2/c1-26(25(32)33,19-10-21(27)12-23(29)11-19)20-14-31(15-20)24(17-5-7-22(28)8-6-17)18-4-2-3-16(9-18)13-30/h2-12,20,24H,14-15H2,1H3,(H,32,33)/t24?,26-/m1/s1. The van der Waals surface area contributed by atoms with E-state index in [1.807, 2.05) is 42.5 Å². The van der Waals surface area contributed by atoms with Gasteiger partial charge in [0.05, 0.1) is 23.1 Å². The van der Waals surface area contributed by atoms with Gasteiger partial charge in [-0.1, -0.05) is 51.8 Å². The third-order valence-corrected chi connectivity index (χ3v) is 7.22. The summed E-state index contributed by atoms with van der Waals surface area (Å²) in [6.07, 6.45) is 0. The normalized spacial score (nSPS) is 16.9. The van der Waals surface area contributed by atoms with Gasteiger partial charge in [0.2, 0.25) is 0 Å². The van der Waals surface area contributed by atoms with E-state index in [-0.39, 0.29) is 12.0 Å². The van der Waals surface area contributed by atoms with Crippen LogP contribution in [0.2, 0.25) is 5.02 Å². The van der Waals surface area contributed by atoms with E-state index in [1.54, 1.807) is 19.1 Å². The maximum absolute atomic E-state index is 14.1. The van der Waals surface area contributed by atoms with E-state index in [4.69, 9.17) is 11.6 Å². The molecule has 33 heavy (non-hydrogen) atoms. The summed E-state index contributed by atoms with van der Waals surface area (Å²) in [5.41, 5.74) is 1.68. The lowest BCUT2D eigenvalue weighted by Gasteiger charge is -2.50. The Kier molecular flexibility index (Phi) is 6.58. The number of nitrogens with zero attached hydrogens (tertiary/aromatic N) is 2. The van der Waals surface area contributed by atoms with Crippen LogP contribution in [0, 0.1) is 23.1 Å². The average Bonchev–Trinajstić information content (AvgIpc) is 2.75. The van der Waals surface area contributed by atoms with E-state index in [1.165, 1.54) is 12.1 Å². The number of hydrogen-bond donors (Lipinski definition) is 1. The minimum atomic E-state index is -1.25. The third-order valence-electron chi connectivity index (χ3n) is 6.52. The molecule has 1 aliphatic rings. The quantitative estimate of drug-likeness (QED) is 0.416. The Morgan fingerprint density at radius 1 is 1.18 bits per heavy atom. The summed E-state index contributed by atoms with van der Waals surface area (Å²) >= 11 is 9.37. The van der Waals surface area contributed by atoms with Gasteiger partial charge in [-0.3, -0.25) is 9.69 Å². The van der Waals surface area contributed by atoms with Crippen molar-refractivity contribution in [3.05, 3.63) is 104 Å². The van der Waals surface area contributed by atoms with Crippen molar-refractivity contribution in [1.29, 1.82) is 5.26 Å². The first kappa shape index (κ1) is 23.4. The Morgan fingerprint density at radius 2 is 1.88 bits per heavy atom. The Bertz CT molecular complexity index is 1220. The van der Waals surface area contributed by atoms with Crippen LogP contribution < -0.4 is 0 Å². The van der Waals surface area contributed by atoms with Gasteiger partial charge in [-0.05, 0) is 66.1 Å². The second-order valence-electron chi connectivity index (χ2n) is 8.51. The predicted octanol–water partition coefficient (Wildman–Crippen LogP) is 6.18. The van der Waals surface area contributed by atoms with Crippen molar-refractivity contribution in [2.45, 2.75) is 18.4 Å². The summed E-state index contributed by atoms with van der Waals surface area (Å²) in [6.45, 7) is 2.66. The lowest BCUT2D eigenvalue weighted by molar-refractivity contribution is -0.149. The van der Waals surface area contributed by atoms with Gasteiger partial charge in [0.15, 0.2) is 0 Å². The van der Waals surface area contributed by atoms with E-state index in [2.05, 4.69) is 26.9 Å². The summed E-state index contributed by atoms with van der Waals surface area (Å²) in [5, 5.41) is 20.1. The fraction of sp³-hybridized carbons (Fsp3) is 0.231. The molecule has 2 atom stereocenters. The zero-order valence-corrected chi connectivity index (χ0v) is 20.1. The second-order valence-corrected chi connectivity index (χ2v) is 9.86. The van der Waals surface area contributed by atoms with E-state index in [0.29, 0.717) is 33.7 Å².